The third-order valence-electron chi connectivity index (χ3n) is 2.36. The predicted octanol–water partition coefficient (Wildman–Crippen LogP) is 0.306. The van der Waals surface area contributed by atoms with Crippen LogP contribution in [0.5, 0.6) is 0 Å². The van der Waals surface area contributed by atoms with Crippen LogP contribution in [0.3, 0.4) is 0 Å². The number of fused-ring (bicyclic) bond motifs is 1. The van der Waals surface area contributed by atoms with Crippen molar-refractivity contribution < 1.29 is 0 Å². The largest absolute Gasteiger partial charge is 0.338 e. The molecule has 4 nitrogen and oxygen atoms in total. The molecule has 0 aromatic carbocycles. The Morgan fingerprint density at radius 3 is 2.85 bits per heavy atom. The Hall–Kier alpha value is -1.29. The van der Waals surface area contributed by atoms with E-state index >= 15 is 0 Å². The Morgan fingerprint density at radius 1 is 1.46 bits per heavy atom. The van der Waals surface area contributed by atoms with E-state index in [1.165, 1.54) is 5.57 Å². The highest BCUT2D eigenvalue weighted by atomic mass is 15.4. The molecule has 0 aromatic heterocycles. The molecule has 0 fully saturated rings. The van der Waals surface area contributed by atoms with Gasteiger partial charge in [0, 0.05) is 20.3 Å². The third kappa shape index (κ3) is 1.14. The van der Waals surface area contributed by atoms with Gasteiger partial charge in [-0.3, -0.25) is 5.73 Å². The number of nitrogens with zero attached hydrogens (tertiary/aromatic N) is 3. The minimum absolute atomic E-state index is 0.233. The zero-order chi connectivity index (χ0) is 9.59. The molecule has 1 atom stereocenters. The van der Waals surface area contributed by atoms with Crippen molar-refractivity contribution >= 4 is 5.84 Å². The minimum Gasteiger partial charge on any atom is -0.338 e. The van der Waals surface area contributed by atoms with Crippen LogP contribution in [-0.4, -0.2) is 36.0 Å². The van der Waals surface area contributed by atoms with Gasteiger partial charge in [0.1, 0.15) is 0 Å². The summed E-state index contributed by atoms with van der Waals surface area (Å²) in [5.41, 5.74) is 8.12. The Kier molecular flexibility index (Phi) is 1.66. The van der Waals surface area contributed by atoms with Crippen LogP contribution in [0.15, 0.2) is 28.5 Å². The highest BCUT2D eigenvalue weighted by Crippen LogP contribution is 2.23. The Labute approximate surface area is 78.0 Å². The summed E-state index contributed by atoms with van der Waals surface area (Å²) in [4.78, 5) is 8.32. The van der Waals surface area contributed by atoms with Crippen LogP contribution in [0.2, 0.25) is 0 Å². The normalized spacial score (nSPS) is 26.8. The standard InChI is InChI=1S/C9H14N4/c1-6-4-7-8(12(2)5-6)11-9(10)13(7)3/h4-5,9H,10H2,1-3H3. The molecule has 0 spiro atoms. The fraction of sp³-hybridized carbons (Fsp3) is 0.444. The lowest BCUT2D eigenvalue weighted by Crippen LogP contribution is -2.34. The number of hydrogen-bond acceptors (Lipinski definition) is 4. The molecule has 4 heteroatoms. The van der Waals surface area contributed by atoms with Gasteiger partial charge >= 0.3 is 0 Å². The monoisotopic (exact) mass is 178 g/mol. The van der Waals surface area contributed by atoms with Gasteiger partial charge in [-0.15, -0.1) is 0 Å². The minimum atomic E-state index is -0.233. The quantitative estimate of drug-likeness (QED) is 0.580. The van der Waals surface area contributed by atoms with Crippen LogP contribution in [-0.2, 0) is 0 Å². The first-order valence-corrected chi connectivity index (χ1v) is 4.29. The van der Waals surface area contributed by atoms with E-state index in [-0.39, 0.29) is 6.29 Å². The molecular weight excluding hydrogens is 164 g/mol. The van der Waals surface area contributed by atoms with Gasteiger partial charge in [0.25, 0.3) is 0 Å². The van der Waals surface area contributed by atoms with E-state index in [0.717, 1.165) is 11.5 Å². The van der Waals surface area contributed by atoms with Crippen molar-refractivity contribution in [3.63, 3.8) is 0 Å². The van der Waals surface area contributed by atoms with E-state index in [0.29, 0.717) is 0 Å². The molecule has 0 bridgehead atoms. The lowest BCUT2D eigenvalue weighted by Gasteiger charge is -2.24. The Morgan fingerprint density at radius 2 is 2.15 bits per heavy atom. The summed E-state index contributed by atoms with van der Waals surface area (Å²) >= 11 is 0. The summed E-state index contributed by atoms with van der Waals surface area (Å²) in [6.45, 7) is 2.07. The van der Waals surface area contributed by atoms with Gasteiger partial charge in [-0.05, 0) is 18.6 Å². The second-order valence-electron chi connectivity index (χ2n) is 3.49. The van der Waals surface area contributed by atoms with Crippen molar-refractivity contribution in [1.29, 1.82) is 0 Å². The lowest BCUT2D eigenvalue weighted by atomic mass is 10.2. The molecule has 0 aromatic rings. The summed E-state index contributed by atoms with van der Waals surface area (Å²) in [7, 11) is 3.95. The van der Waals surface area contributed by atoms with Crippen LogP contribution in [0.25, 0.3) is 0 Å². The van der Waals surface area contributed by atoms with Gasteiger partial charge < -0.3 is 9.80 Å². The molecule has 2 N–H and O–H groups in total. The zero-order valence-corrected chi connectivity index (χ0v) is 8.15. The fourth-order valence-electron chi connectivity index (χ4n) is 1.64. The molecule has 13 heavy (non-hydrogen) atoms. The molecule has 2 aliphatic heterocycles. The molecule has 2 rings (SSSR count). The van der Waals surface area contributed by atoms with Crippen molar-refractivity contribution in [1.82, 2.24) is 9.80 Å². The van der Waals surface area contributed by atoms with Gasteiger partial charge in [0.05, 0.1) is 5.70 Å². The number of hydrogen-bond donors (Lipinski definition) is 1. The van der Waals surface area contributed by atoms with Crippen molar-refractivity contribution in [2.24, 2.45) is 10.7 Å². The summed E-state index contributed by atoms with van der Waals surface area (Å²) in [5.74, 6) is 0.959. The van der Waals surface area contributed by atoms with Gasteiger partial charge in [-0.2, -0.15) is 0 Å². The molecular formula is C9H14N4. The van der Waals surface area contributed by atoms with Crippen molar-refractivity contribution in [2.45, 2.75) is 13.2 Å². The molecule has 0 saturated heterocycles. The van der Waals surface area contributed by atoms with Crippen LogP contribution in [0.4, 0.5) is 0 Å². The molecule has 2 heterocycles. The van der Waals surface area contributed by atoms with Crippen LogP contribution >= 0.6 is 0 Å². The van der Waals surface area contributed by atoms with Crippen molar-refractivity contribution in [3.05, 3.63) is 23.5 Å². The fourth-order valence-corrected chi connectivity index (χ4v) is 1.64. The molecule has 0 aliphatic carbocycles. The predicted molar refractivity (Wildman–Crippen MR) is 52.8 cm³/mol. The molecule has 0 saturated carbocycles. The highest BCUT2D eigenvalue weighted by Gasteiger charge is 2.28. The first-order valence-electron chi connectivity index (χ1n) is 4.29. The van der Waals surface area contributed by atoms with E-state index in [9.17, 15) is 0 Å². The van der Waals surface area contributed by atoms with Gasteiger partial charge in [0.15, 0.2) is 12.1 Å². The van der Waals surface area contributed by atoms with E-state index < -0.39 is 0 Å². The molecule has 2 aliphatic rings. The summed E-state index contributed by atoms with van der Waals surface area (Å²) in [6.07, 6.45) is 3.92. The SMILES string of the molecule is CC1=CN(C)C2=NC(N)N(C)C2=C1. The van der Waals surface area contributed by atoms with Gasteiger partial charge in [-0.1, -0.05) is 0 Å². The third-order valence-corrected chi connectivity index (χ3v) is 2.36. The Balaban J connectivity index is 2.43. The number of likely N-dealkylation sites (N-methyl/N-ethyl adjacent to an activating group) is 2. The number of aliphatic imine (C=N–C) groups is 1. The number of rotatable bonds is 0. The van der Waals surface area contributed by atoms with Crippen LogP contribution in [0, 0.1) is 0 Å². The topological polar surface area (TPSA) is 44.9 Å². The average Bonchev–Trinajstić information content (AvgIpc) is 2.32. The van der Waals surface area contributed by atoms with Crippen LogP contribution in [0.1, 0.15) is 6.92 Å². The smallest absolute Gasteiger partial charge is 0.176 e. The average molecular weight is 178 g/mol. The van der Waals surface area contributed by atoms with E-state index in [1.54, 1.807) is 0 Å². The van der Waals surface area contributed by atoms with E-state index in [4.69, 9.17) is 5.73 Å². The highest BCUT2D eigenvalue weighted by molar-refractivity contribution is 6.01. The summed E-state index contributed by atoms with van der Waals surface area (Å²) in [5, 5.41) is 0. The first kappa shape index (κ1) is 8.31. The maximum atomic E-state index is 5.79. The van der Waals surface area contributed by atoms with Crippen molar-refractivity contribution in [3.8, 4) is 0 Å². The maximum absolute atomic E-state index is 5.79. The Bertz CT molecular complexity index is 327. The number of amidine groups is 1. The number of allylic oxidation sites excluding steroid dienone is 2. The molecule has 0 amide bonds. The van der Waals surface area contributed by atoms with Gasteiger partial charge in [-0.25, -0.2) is 4.99 Å². The zero-order valence-electron chi connectivity index (χ0n) is 8.15. The molecule has 70 valence electrons. The lowest BCUT2D eigenvalue weighted by molar-refractivity contribution is 0.355. The number of nitrogens with two attached hydrogens (primary N) is 1. The second-order valence-corrected chi connectivity index (χ2v) is 3.49. The summed E-state index contributed by atoms with van der Waals surface area (Å²) < 4.78 is 0. The summed E-state index contributed by atoms with van der Waals surface area (Å²) in [6, 6.07) is 0. The molecule has 0 radical (unpaired) electrons. The van der Waals surface area contributed by atoms with Crippen LogP contribution < -0.4 is 5.73 Å². The van der Waals surface area contributed by atoms with E-state index in [1.807, 2.05) is 30.1 Å². The maximum Gasteiger partial charge on any atom is 0.176 e. The van der Waals surface area contributed by atoms with Gasteiger partial charge in [0.2, 0.25) is 0 Å². The first-order chi connectivity index (χ1) is 6.09. The van der Waals surface area contributed by atoms with Crippen molar-refractivity contribution in [2.75, 3.05) is 14.1 Å². The molecule has 1 unspecified atom stereocenters. The second kappa shape index (κ2) is 2.60. The van der Waals surface area contributed by atoms with E-state index in [2.05, 4.69) is 18.0 Å².